The van der Waals surface area contributed by atoms with Crippen LogP contribution in [0.5, 0.6) is 5.75 Å². The highest BCUT2D eigenvalue weighted by atomic mass is 16.5. The van der Waals surface area contributed by atoms with Crippen molar-refractivity contribution >= 4 is 10.9 Å². The number of hydrogen-bond acceptors (Lipinski definition) is 3. The lowest BCUT2D eigenvalue weighted by molar-refractivity contribution is 0.300. The first-order valence-corrected chi connectivity index (χ1v) is 7.36. The van der Waals surface area contributed by atoms with E-state index in [4.69, 9.17) is 4.74 Å². The minimum absolute atomic E-state index is 0.729. The zero-order chi connectivity index (χ0) is 14.4. The molecule has 0 bridgehead atoms. The van der Waals surface area contributed by atoms with E-state index in [1.54, 1.807) is 0 Å². The predicted octanol–water partition coefficient (Wildman–Crippen LogP) is 3.77. The van der Waals surface area contributed by atoms with E-state index in [-0.39, 0.29) is 0 Å². The summed E-state index contributed by atoms with van der Waals surface area (Å²) in [5, 5.41) is 4.23. The van der Waals surface area contributed by atoms with Gasteiger partial charge in [0.15, 0.2) is 0 Å². The Morgan fingerprint density at radius 3 is 2.80 bits per heavy atom. The van der Waals surface area contributed by atoms with Crippen molar-refractivity contribution in [2.75, 3.05) is 13.7 Å². The van der Waals surface area contributed by atoms with Gasteiger partial charge in [-0.25, -0.2) is 0 Å². The van der Waals surface area contributed by atoms with Crippen LogP contribution < -0.4 is 10.1 Å². The molecule has 0 aliphatic rings. The van der Waals surface area contributed by atoms with Crippen molar-refractivity contribution in [1.82, 2.24) is 10.3 Å². The molecule has 0 atom stereocenters. The fourth-order valence-electron chi connectivity index (χ4n) is 2.26. The highest BCUT2D eigenvalue weighted by molar-refractivity contribution is 5.85. The molecule has 1 aromatic heterocycles. The van der Waals surface area contributed by atoms with E-state index >= 15 is 0 Å². The summed E-state index contributed by atoms with van der Waals surface area (Å²) in [5.74, 6) is 1.68. The fraction of sp³-hybridized carbons (Fsp3) is 0.471. The van der Waals surface area contributed by atoms with Crippen molar-refractivity contribution in [1.29, 1.82) is 0 Å². The summed E-state index contributed by atoms with van der Waals surface area (Å²) in [5.41, 5.74) is 2.02. The number of pyridine rings is 1. The van der Waals surface area contributed by atoms with Crippen LogP contribution in [-0.4, -0.2) is 18.6 Å². The molecular weight excluding hydrogens is 248 g/mol. The van der Waals surface area contributed by atoms with Gasteiger partial charge >= 0.3 is 0 Å². The number of ether oxygens (including phenoxy) is 1. The minimum atomic E-state index is 0.729. The Hall–Kier alpha value is -1.61. The van der Waals surface area contributed by atoms with Crippen LogP contribution in [-0.2, 0) is 6.54 Å². The molecule has 1 N–H and O–H groups in total. The molecule has 0 unspecified atom stereocenters. The molecule has 108 valence electrons. The number of benzene rings is 1. The first kappa shape index (κ1) is 14.8. The zero-order valence-corrected chi connectivity index (χ0v) is 12.6. The molecule has 2 aromatic rings. The van der Waals surface area contributed by atoms with E-state index in [1.807, 2.05) is 31.3 Å². The molecule has 3 nitrogen and oxygen atoms in total. The van der Waals surface area contributed by atoms with Gasteiger partial charge in [-0.05, 0) is 37.9 Å². The van der Waals surface area contributed by atoms with Crippen molar-refractivity contribution in [3.05, 3.63) is 36.0 Å². The van der Waals surface area contributed by atoms with Crippen LogP contribution in [0.15, 0.2) is 30.3 Å². The Morgan fingerprint density at radius 2 is 2.05 bits per heavy atom. The Labute approximate surface area is 121 Å². The van der Waals surface area contributed by atoms with E-state index in [0.717, 1.165) is 47.8 Å². The summed E-state index contributed by atoms with van der Waals surface area (Å²) in [4.78, 5) is 4.64. The maximum atomic E-state index is 5.99. The number of hydrogen-bond donors (Lipinski definition) is 1. The zero-order valence-electron chi connectivity index (χ0n) is 12.6. The van der Waals surface area contributed by atoms with Crippen molar-refractivity contribution in [3.63, 3.8) is 0 Å². The lowest BCUT2D eigenvalue weighted by Crippen LogP contribution is -2.08. The van der Waals surface area contributed by atoms with Gasteiger partial charge in [-0.15, -0.1) is 0 Å². The second-order valence-electron chi connectivity index (χ2n) is 5.54. The number of rotatable bonds is 7. The highest BCUT2D eigenvalue weighted by Crippen LogP contribution is 2.25. The summed E-state index contributed by atoms with van der Waals surface area (Å²) in [6.45, 7) is 6.01. The number of fused-ring (bicyclic) bond motifs is 1. The van der Waals surface area contributed by atoms with Crippen molar-refractivity contribution in [2.24, 2.45) is 5.92 Å². The number of para-hydroxylation sites is 1. The Kier molecular flexibility index (Phi) is 5.36. The molecule has 0 saturated carbocycles. The normalized spacial score (nSPS) is 11.2. The third-order valence-corrected chi connectivity index (χ3v) is 3.27. The molecule has 2 rings (SSSR count). The third kappa shape index (κ3) is 3.94. The largest absolute Gasteiger partial charge is 0.493 e. The van der Waals surface area contributed by atoms with Gasteiger partial charge in [0, 0.05) is 18.0 Å². The van der Waals surface area contributed by atoms with E-state index in [1.165, 1.54) is 6.42 Å². The molecular formula is C17H24N2O. The van der Waals surface area contributed by atoms with Crippen LogP contribution in [0, 0.1) is 5.92 Å². The van der Waals surface area contributed by atoms with E-state index in [9.17, 15) is 0 Å². The van der Waals surface area contributed by atoms with Crippen molar-refractivity contribution in [3.8, 4) is 5.75 Å². The molecule has 0 aliphatic heterocycles. The molecule has 0 spiro atoms. The lowest BCUT2D eigenvalue weighted by atomic mass is 10.1. The van der Waals surface area contributed by atoms with Gasteiger partial charge in [0.1, 0.15) is 5.75 Å². The summed E-state index contributed by atoms with van der Waals surface area (Å²) in [6, 6.07) is 10.2. The molecule has 0 saturated heterocycles. The smallest absolute Gasteiger partial charge is 0.130 e. The molecule has 1 aromatic carbocycles. The Bertz CT molecular complexity index is 552. The van der Waals surface area contributed by atoms with Crippen molar-refractivity contribution < 1.29 is 4.74 Å². The fourth-order valence-corrected chi connectivity index (χ4v) is 2.26. The van der Waals surface area contributed by atoms with Gasteiger partial charge in [-0.1, -0.05) is 26.0 Å². The van der Waals surface area contributed by atoms with Crippen molar-refractivity contribution in [2.45, 2.75) is 33.2 Å². The highest BCUT2D eigenvalue weighted by Gasteiger charge is 2.06. The summed E-state index contributed by atoms with van der Waals surface area (Å²) < 4.78 is 5.99. The van der Waals surface area contributed by atoms with Crippen LogP contribution in [0.25, 0.3) is 10.9 Å². The lowest BCUT2D eigenvalue weighted by Gasteiger charge is -2.12. The first-order valence-electron chi connectivity index (χ1n) is 7.36. The number of aromatic nitrogens is 1. The molecule has 1 heterocycles. The van der Waals surface area contributed by atoms with Crippen LogP contribution in [0.2, 0.25) is 0 Å². The molecule has 20 heavy (non-hydrogen) atoms. The van der Waals surface area contributed by atoms with Gasteiger partial charge in [0.25, 0.3) is 0 Å². The Balaban J connectivity index is 2.16. The average molecular weight is 272 g/mol. The minimum Gasteiger partial charge on any atom is -0.493 e. The average Bonchev–Trinajstić information content (AvgIpc) is 2.43. The van der Waals surface area contributed by atoms with Crippen LogP contribution >= 0.6 is 0 Å². The van der Waals surface area contributed by atoms with E-state index in [0.29, 0.717) is 0 Å². The Morgan fingerprint density at radius 1 is 1.25 bits per heavy atom. The van der Waals surface area contributed by atoms with Crippen LogP contribution in [0.4, 0.5) is 0 Å². The predicted molar refractivity (Wildman–Crippen MR) is 84.1 cm³/mol. The van der Waals surface area contributed by atoms with Gasteiger partial charge in [0.05, 0.1) is 17.8 Å². The summed E-state index contributed by atoms with van der Waals surface area (Å²) in [6.07, 6.45) is 2.29. The third-order valence-electron chi connectivity index (χ3n) is 3.27. The molecule has 0 amide bonds. The van der Waals surface area contributed by atoms with E-state index < -0.39 is 0 Å². The first-order chi connectivity index (χ1) is 9.70. The SMILES string of the molecule is CNCc1cc(OCCCC(C)C)c2ccccc2n1. The maximum absolute atomic E-state index is 5.99. The molecule has 0 radical (unpaired) electrons. The van der Waals surface area contributed by atoms with Gasteiger partial charge in [0.2, 0.25) is 0 Å². The monoisotopic (exact) mass is 272 g/mol. The number of nitrogens with one attached hydrogen (secondary N) is 1. The van der Waals surface area contributed by atoms with Crippen LogP contribution in [0.3, 0.4) is 0 Å². The quantitative estimate of drug-likeness (QED) is 0.779. The molecule has 3 heteroatoms. The summed E-state index contributed by atoms with van der Waals surface area (Å²) >= 11 is 0. The van der Waals surface area contributed by atoms with Crippen LogP contribution in [0.1, 0.15) is 32.4 Å². The van der Waals surface area contributed by atoms with Gasteiger partial charge in [-0.2, -0.15) is 0 Å². The van der Waals surface area contributed by atoms with Gasteiger partial charge in [-0.3, -0.25) is 4.98 Å². The molecule has 0 aliphatic carbocycles. The second-order valence-corrected chi connectivity index (χ2v) is 5.54. The topological polar surface area (TPSA) is 34.1 Å². The van der Waals surface area contributed by atoms with Gasteiger partial charge < -0.3 is 10.1 Å². The standard InChI is InChI=1S/C17H24N2O/c1-13(2)7-6-10-20-17-11-14(12-18-3)19-16-9-5-4-8-15(16)17/h4-5,8-9,11,13,18H,6-7,10,12H2,1-3H3. The second kappa shape index (κ2) is 7.25. The molecule has 0 fully saturated rings. The number of nitrogens with zero attached hydrogens (tertiary/aromatic N) is 1. The summed E-state index contributed by atoms with van der Waals surface area (Å²) in [7, 11) is 1.93. The van der Waals surface area contributed by atoms with E-state index in [2.05, 4.69) is 30.2 Å². The maximum Gasteiger partial charge on any atom is 0.130 e.